The van der Waals surface area contributed by atoms with Crippen LogP contribution in [0.25, 0.3) is 16.9 Å². The molecule has 0 aliphatic rings. The number of benzene rings is 2. The first-order valence-corrected chi connectivity index (χ1v) is 11.7. The number of alkyl halides is 3. The smallest absolute Gasteiger partial charge is 0.416 e. The number of carbonyl (C=O) groups is 1. The number of nitrogens with one attached hydrogen (secondary N) is 1. The van der Waals surface area contributed by atoms with Crippen molar-refractivity contribution in [1.82, 2.24) is 19.7 Å². The monoisotopic (exact) mass is 505 g/mol. The zero-order chi connectivity index (χ0) is 24.3. The van der Waals surface area contributed by atoms with Gasteiger partial charge in [-0.15, -0.1) is 10.2 Å². The van der Waals surface area contributed by atoms with Crippen LogP contribution in [0.4, 0.5) is 18.3 Å². The predicted octanol–water partition coefficient (Wildman–Crippen LogP) is 5.46. The molecule has 176 valence electrons. The number of amides is 1. The first-order valence-electron chi connectivity index (χ1n) is 9.87. The van der Waals surface area contributed by atoms with E-state index < -0.39 is 11.7 Å². The van der Waals surface area contributed by atoms with Gasteiger partial charge < -0.3 is 4.74 Å². The summed E-state index contributed by atoms with van der Waals surface area (Å²) < 4.78 is 46.9. The molecule has 0 unspecified atom stereocenters. The number of carbonyl (C=O) groups excluding carboxylic acids is 1. The second-order valence-corrected chi connectivity index (χ2v) is 9.13. The quantitative estimate of drug-likeness (QED) is 0.336. The van der Waals surface area contributed by atoms with Crippen LogP contribution in [0, 0.1) is 6.92 Å². The molecule has 0 bridgehead atoms. The van der Waals surface area contributed by atoms with Crippen LogP contribution >= 0.6 is 23.1 Å². The van der Waals surface area contributed by atoms with Crippen molar-refractivity contribution in [3.05, 3.63) is 65.3 Å². The molecule has 2 aromatic heterocycles. The summed E-state index contributed by atoms with van der Waals surface area (Å²) in [5, 5.41) is 11.8. The van der Waals surface area contributed by atoms with Crippen molar-refractivity contribution in [3.63, 3.8) is 0 Å². The number of hydrogen-bond acceptors (Lipinski definition) is 7. The molecule has 0 spiro atoms. The fourth-order valence-corrected chi connectivity index (χ4v) is 4.51. The molecule has 2 heterocycles. The number of halogens is 3. The van der Waals surface area contributed by atoms with Gasteiger partial charge in [-0.25, -0.2) is 4.98 Å². The number of rotatable bonds is 7. The van der Waals surface area contributed by atoms with Crippen LogP contribution in [0.2, 0.25) is 0 Å². The summed E-state index contributed by atoms with van der Waals surface area (Å²) in [6, 6.07) is 12.1. The molecule has 0 fully saturated rings. The van der Waals surface area contributed by atoms with Gasteiger partial charge in [0, 0.05) is 11.3 Å². The molecule has 34 heavy (non-hydrogen) atoms. The molecule has 0 saturated heterocycles. The molecule has 0 saturated carbocycles. The van der Waals surface area contributed by atoms with Crippen molar-refractivity contribution in [2.24, 2.45) is 0 Å². The fraction of sp³-hybridized carbons (Fsp3) is 0.182. The minimum absolute atomic E-state index is 0.0172. The maximum Gasteiger partial charge on any atom is 0.416 e. The van der Waals surface area contributed by atoms with Gasteiger partial charge in [0.05, 0.1) is 30.3 Å². The molecule has 1 N–H and O–H groups in total. The molecular weight excluding hydrogens is 487 g/mol. The van der Waals surface area contributed by atoms with E-state index in [1.807, 2.05) is 0 Å². The second kappa shape index (κ2) is 9.85. The second-order valence-electron chi connectivity index (χ2n) is 7.00. The average molecular weight is 506 g/mol. The lowest BCUT2D eigenvalue weighted by molar-refractivity contribution is -0.137. The maximum absolute atomic E-state index is 13.4. The molecule has 0 aliphatic carbocycles. The van der Waals surface area contributed by atoms with E-state index in [0.29, 0.717) is 26.7 Å². The Bertz CT molecular complexity index is 1300. The SMILES string of the molecule is COc1ccc(-c2cnc(SCC(=O)Nc3nnc(C)s3)n2-c2cccc(C(F)(F)F)c2)cc1. The van der Waals surface area contributed by atoms with E-state index >= 15 is 0 Å². The Kier molecular flexibility index (Phi) is 6.89. The summed E-state index contributed by atoms with van der Waals surface area (Å²) in [4.78, 5) is 16.8. The highest BCUT2D eigenvalue weighted by molar-refractivity contribution is 7.99. The topological polar surface area (TPSA) is 81.9 Å². The summed E-state index contributed by atoms with van der Waals surface area (Å²) in [5.74, 6) is 0.300. The van der Waals surface area contributed by atoms with Crippen molar-refractivity contribution < 1.29 is 22.7 Å². The Balaban J connectivity index is 1.67. The van der Waals surface area contributed by atoms with Crippen LogP contribution in [-0.2, 0) is 11.0 Å². The van der Waals surface area contributed by atoms with Crippen LogP contribution in [0.15, 0.2) is 59.9 Å². The molecule has 7 nitrogen and oxygen atoms in total. The number of aromatic nitrogens is 4. The number of hydrogen-bond donors (Lipinski definition) is 1. The van der Waals surface area contributed by atoms with Gasteiger partial charge in [0.15, 0.2) is 5.16 Å². The number of aryl methyl sites for hydroxylation is 1. The number of methoxy groups -OCH3 is 1. The molecule has 0 aliphatic heterocycles. The van der Waals surface area contributed by atoms with Crippen molar-refractivity contribution in [3.8, 4) is 22.7 Å². The van der Waals surface area contributed by atoms with Crippen LogP contribution in [0.5, 0.6) is 5.75 Å². The van der Waals surface area contributed by atoms with Gasteiger partial charge >= 0.3 is 6.18 Å². The minimum Gasteiger partial charge on any atom is -0.497 e. The van der Waals surface area contributed by atoms with Crippen molar-refractivity contribution >= 4 is 34.1 Å². The van der Waals surface area contributed by atoms with Gasteiger partial charge in [-0.2, -0.15) is 13.2 Å². The van der Waals surface area contributed by atoms with Gasteiger partial charge in [-0.05, 0) is 49.4 Å². The lowest BCUT2D eigenvalue weighted by Crippen LogP contribution is -2.14. The fourth-order valence-electron chi connectivity index (χ4n) is 3.11. The van der Waals surface area contributed by atoms with E-state index in [0.717, 1.165) is 29.5 Å². The van der Waals surface area contributed by atoms with Crippen molar-refractivity contribution in [2.75, 3.05) is 18.2 Å². The summed E-state index contributed by atoms with van der Waals surface area (Å²) in [6.07, 6.45) is -2.93. The third-order valence-electron chi connectivity index (χ3n) is 4.65. The first kappa shape index (κ1) is 23.8. The van der Waals surface area contributed by atoms with Gasteiger partial charge in [0.2, 0.25) is 11.0 Å². The summed E-state index contributed by atoms with van der Waals surface area (Å²) in [5.41, 5.74) is 0.802. The summed E-state index contributed by atoms with van der Waals surface area (Å²) in [6.45, 7) is 1.77. The van der Waals surface area contributed by atoms with E-state index in [1.54, 1.807) is 55.1 Å². The zero-order valence-electron chi connectivity index (χ0n) is 18.0. The molecule has 4 aromatic rings. The highest BCUT2D eigenvalue weighted by atomic mass is 32.2. The molecule has 0 atom stereocenters. The molecule has 0 radical (unpaired) electrons. The van der Waals surface area contributed by atoms with Crippen LogP contribution in [0.1, 0.15) is 10.6 Å². The van der Waals surface area contributed by atoms with E-state index in [4.69, 9.17) is 4.74 Å². The van der Waals surface area contributed by atoms with E-state index in [9.17, 15) is 18.0 Å². The summed E-state index contributed by atoms with van der Waals surface area (Å²) in [7, 11) is 1.55. The Labute approximate surface area is 201 Å². The lowest BCUT2D eigenvalue weighted by Gasteiger charge is -2.14. The van der Waals surface area contributed by atoms with Gasteiger partial charge in [-0.3, -0.25) is 14.7 Å². The minimum atomic E-state index is -4.50. The van der Waals surface area contributed by atoms with Gasteiger partial charge in [0.1, 0.15) is 10.8 Å². The third kappa shape index (κ3) is 5.39. The standard InChI is InChI=1S/C22H18F3N5O2S2/c1-13-28-29-20(34-13)27-19(31)12-33-21-26-11-18(14-6-8-17(32-2)9-7-14)30(21)16-5-3-4-15(10-16)22(23,24)25/h3-11H,12H2,1-2H3,(H,27,29,31). The number of nitrogens with zero attached hydrogens (tertiary/aromatic N) is 4. The predicted molar refractivity (Wildman–Crippen MR) is 125 cm³/mol. The van der Waals surface area contributed by atoms with Crippen LogP contribution in [0.3, 0.4) is 0 Å². The molecular formula is C22H18F3N5O2S2. The number of ether oxygens (including phenoxy) is 1. The molecule has 1 amide bonds. The number of thioether (sulfide) groups is 1. The number of imidazole rings is 1. The Morgan fingerprint density at radius 3 is 2.59 bits per heavy atom. The zero-order valence-corrected chi connectivity index (χ0v) is 19.6. The molecule has 2 aromatic carbocycles. The van der Waals surface area contributed by atoms with Gasteiger partial charge in [0.25, 0.3) is 0 Å². The highest BCUT2D eigenvalue weighted by Crippen LogP contribution is 2.34. The first-order chi connectivity index (χ1) is 16.2. The highest BCUT2D eigenvalue weighted by Gasteiger charge is 2.31. The van der Waals surface area contributed by atoms with E-state index in [-0.39, 0.29) is 17.3 Å². The van der Waals surface area contributed by atoms with Crippen LogP contribution < -0.4 is 10.1 Å². The normalized spacial score (nSPS) is 11.4. The number of anilines is 1. The molecule has 4 rings (SSSR count). The Morgan fingerprint density at radius 2 is 1.94 bits per heavy atom. The van der Waals surface area contributed by atoms with Crippen LogP contribution in [-0.4, -0.2) is 38.5 Å². The average Bonchev–Trinajstić information content (AvgIpc) is 3.43. The van der Waals surface area contributed by atoms with E-state index in [1.165, 1.54) is 17.4 Å². The third-order valence-corrected chi connectivity index (χ3v) is 6.36. The van der Waals surface area contributed by atoms with Gasteiger partial charge in [-0.1, -0.05) is 29.2 Å². The Hall–Kier alpha value is -3.38. The van der Waals surface area contributed by atoms with Crippen molar-refractivity contribution in [1.29, 1.82) is 0 Å². The largest absolute Gasteiger partial charge is 0.497 e. The Morgan fingerprint density at radius 1 is 1.18 bits per heavy atom. The summed E-state index contributed by atoms with van der Waals surface area (Å²) >= 11 is 2.35. The van der Waals surface area contributed by atoms with Crippen molar-refractivity contribution in [2.45, 2.75) is 18.3 Å². The maximum atomic E-state index is 13.4. The molecule has 12 heteroatoms. The van der Waals surface area contributed by atoms with E-state index in [2.05, 4.69) is 20.5 Å². The lowest BCUT2D eigenvalue weighted by atomic mass is 10.1.